The number of ether oxygens (including phenoxy) is 1. The molecule has 68 heavy (non-hydrogen) atoms. The monoisotopic (exact) mass is 920 g/mol. The number of aryl methyl sites for hydroxylation is 3. The van der Waals surface area contributed by atoms with Gasteiger partial charge in [0.05, 0.1) is 51.4 Å². The van der Waals surface area contributed by atoms with Crippen molar-refractivity contribution >= 4 is 27.7 Å². The second-order valence-electron chi connectivity index (χ2n) is 20.8. The minimum atomic E-state index is -0.851. The molecule has 3 aliphatic heterocycles. The van der Waals surface area contributed by atoms with Gasteiger partial charge in [-0.25, -0.2) is 23.1 Å². The number of aromatic amines is 1. The van der Waals surface area contributed by atoms with Crippen LogP contribution in [0.25, 0.3) is 39.0 Å². The van der Waals surface area contributed by atoms with Crippen molar-refractivity contribution in [1.29, 1.82) is 0 Å². The molecule has 17 heteroatoms. The maximum Gasteiger partial charge on any atom is 0.438 e. The zero-order valence-electron chi connectivity index (χ0n) is 38.6. The molecular formula is C51H50F2N10O5. The maximum absolute atomic E-state index is 16.3. The highest BCUT2D eigenvalue weighted by atomic mass is 19.1. The van der Waals surface area contributed by atoms with E-state index in [2.05, 4.69) is 63.7 Å². The molecule has 1 N–H and O–H groups in total. The van der Waals surface area contributed by atoms with Gasteiger partial charge in [-0.15, -0.1) is 0 Å². The number of rotatable bonds is 7. The highest BCUT2D eigenvalue weighted by molar-refractivity contribution is 6.00. The molecule has 2 aliphatic carbocycles. The molecule has 15 nitrogen and oxygen atoms in total. The molecule has 8 aromatic rings. The predicted octanol–water partition coefficient (Wildman–Crippen LogP) is 7.97. The van der Waals surface area contributed by atoms with Crippen LogP contribution in [-0.4, -0.2) is 72.0 Å². The predicted molar refractivity (Wildman–Crippen MR) is 247 cm³/mol. The average Bonchev–Trinajstić information content (AvgIpc) is 3.67. The van der Waals surface area contributed by atoms with Crippen molar-refractivity contribution in [2.24, 2.45) is 18.9 Å². The maximum atomic E-state index is 16.3. The summed E-state index contributed by atoms with van der Waals surface area (Å²) >= 11 is 0. The van der Waals surface area contributed by atoms with Gasteiger partial charge in [0.15, 0.2) is 11.6 Å². The number of piperidine rings is 1. The summed E-state index contributed by atoms with van der Waals surface area (Å²) in [6, 6.07) is 14.7. The normalized spacial score (nSPS) is 25.8. The van der Waals surface area contributed by atoms with E-state index in [4.69, 9.17) is 14.4 Å². The number of carbonyl (C=O) groups is 1. The Morgan fingerprint density at radius 3 is 2.41 bits per heavy atom. The lowest BCUT2D eigenvalue weighted by molar-refractivity contribution is -0.0592. The summed E-state index contributed by atoms with van der Waals surface area (Å²) in [5, 5.41) is 14.9. The standard InChI is InChI=1S/C51H50F2N10O5/c1-26-17-33(18-27(2)42(26)52)63-44(60-15-14-59(48(60)66)39-12-11-37-34(43(39)53)25-54-58(37)6)41-35(56-63)24-50-23-32(50)8-10-38(41)62(50)45(64)40-20-31-19-29(30-13-16-67-49(4,5)22-30)7-9-36(31)61(40)51(21-28(51)3)46-55-47(65)68-57-46/h7,9,11-12,14-15,17-20,25,28,30,32,38H,8,10,13,16,21-24H2,1-6H3,(H,55,57,65)/t28-,30-,32?,38+,50?,51-/m0/s1. The van der Waals surface area contributed by atoms with E-state index in [1.54, 1.807) is 60.7 Å². The minimum absolute atomic E-state index is 0.00716. The topological polar surface area (TPSA) is 156 Å². The van der Waals surface area contributed by atoms with E-state index in [1.807, 2.05) is 6.07 Å². The summed E-state index contributed by atoms with van der Waals surface area (Å²) < 4.78 is 50.9. The van der Waals surface area contributed by atoms with Gasteiger partial charge in [0.1, 0.15) is 22.9 Å². The summed E-state index contributed by atoms with van der Waals surface area (Å²) in [6.07, 6.45) is 9.67. The van der Waals surface area contributed by atoms with Crippen molar-refractivity contribution in [3.63, 3.8) is 0 Å². The van der Waals surface area contributed by atoms with Crippen LogP contribution in [0.3, 0.4) is 0 Å². The van der Waals surface area contributed by atoms with E-state index < -0.39 is 34.4 Å². The summed E-state index contributed by atoms with van der Waals surface area (Å²) in [4.78, 5) is 48.6. The molecule has 348 valence electrons. The average molecular weight is 921 g/mol. The number of hydrogen-bond acceptors (Lipinski definition) is 8. The lowest BCUT2D eigenvalue weighted by Crippen LogP contribution is -2.53. The number of aromatic nitrogens is 9. The van der Waals surface area contributed by atoms with E-state index >= 15 is 13.6 Å². The zero-order chi connectivity index (χ0) is 46.9. The number of imidazole rings is 1. The molecule has 8 heterocycles. The molecule has 3 aromatic carbocycles. The van der Waals surface area contributed by atoms with Crippen molar-refractivity contribution in [1.82, 2.24) is 48.3 Å². The van der Waals surface area contributed by atoms with Gasteiger partial charge in [-0.3, -0.25) is 28.1 Å². The minimum Gasteiger partial charge on any atom is -0.376 e. The Balaban J connectivity index is 0.998. The molecular weight excluding hydrogens is 871 g/mol. The second-order valence-corrected chi connectivity index (χ2v) is 20.8. The third-order valence-corrected chi connectivity index (χ3v) is 16.3. The number of H-pyrrole nitrogens is 1. The van der Waals surface area contributed by atoms with Crippen LogP contribution in [0, 0.1) is 37.3 Å². The Morgan fingerprint density at radius 1 is 0.912 bits per heavy atom. The van der Waals surface area contributed by atoms with Crippen molar-refractivity contribution < 1.29 is 22.8 Å². The Morgan fingerprint density at radius 2 is 1.68 bits per heavy atom. The molecule has 0 radical (unpaired) electrons. The van der Waals surface area contributed by atoms with Crippen molar-refractivity contribution in [3.05, 3.63) is 139 Å². The number of amides is 1. The third-order valence-electron chi connectivity index (χ3n) is 16.3. The number of benzene rings is 3. The largest absolute Gasteiger partial charge is 0.438 e. The van der Waals surface area contributed by atoms with Gasteiger partial charge >= 0.3 is 11.4 Å². The lowest BCUT2D eigenvalue weighted by atomic mass is 9.82. The summed E-state index contributed by atoms with van der Waals surface area (Å²) in [6.45, 7) is 10.4. The fourth-order valence-electron chi connectivity index (χ4n) is 12.8. The molecule has 4 fully saturated rings. The molecule has 1 amide bonds. The van der Waals surface area contributed by atoms with E-state index in [0.29, 0.717) is 65.5 Å². The molecule has 1 spiro atoms. The third kappa shape index (κ3) is 5.64. The number of hydrogen-bond donors (Lipinski definition) is 1. The Kier molecular flexibility index (Phi) is 8.42. The highest BCUT2D eigenvalue weighted by Gasteiger charge is 2.68. The van der Waals surface area contributed by atoms with Crippen molar-refractivity contribution in [3.8, 4) is 17.2 Å². The van der Waals surface area contributed by atoms with Crippen LogP contribution >= 0.6 is 0 Å². The second kappa shape index (κ2) is 13.9. The van der Waals surface area contributed by atoms with Crippen molar-refractivity contribution in [2.75, 3.05) is 6.61 Å². The number of fused-ring (bicyclic) bond motifs is 5. The fraction of sp³-hybridized carbons (Fsp3) is 0.412. The number of carbonyl (C=O) groups excluding carboxylic acids is 1. The zero-order valence-corrected chi connectivity index (χ0v) is 38.6. The first-order valence-electron chi connectivity index (χ1n) is 23.6. The van der Waals surface area contributed by atoms with E-state index in [0.717, 1.165) is 47.8 Å². The van der Waals surface area contributed by atoms with E-state index in [1.165, 1.54) is 27.1 Å². The van der Waals surface area contributed by atoms with Gasteiger partial charge in [0, 0.05) is 48.9 Å². The van der Waals surface area contributed by atoms with Crippen LogP contribution in [0.4, 0.5) is 8.78 Å². The number of halogens is 2. The van der Waals surface area contributed by atoms with Crippen LogP contribution in [0.1, 0.15) is 116 Å². The molecule has 2 bridgehead atoms. The first kappa shape index (κ1) is 41.3. The van der Waals surface area contributed by atoms with Crippen LogP contribution in [0.2, 0.25) is 0 Å². The van der Waals surface area contributed by atoms with Gasteiger partial charge in [0.25, 0.3) is 5.91 Å². The smallest absolute Gasteiger partial charge is 0.376 e. The molecule has 6 atom stereocenters. The summed E-state index contributed by atoms with van der Waals surface area (Å²) in [5.41, 5.74) is 3.83. The fourth-order valence-corrected chi connectivity index (χ4v) is 12.8. The van der Waals surface area contributed by atoms with Crippen LogP contribution < -0.4 is 11.4 Å². The van der Waals surface area contributed by atoms with Crippen molar-refractivity contribution in [2.45, 2.75) is 108 Å². The highest BCUT2D eigenvalue weighted by Crippen LogP contribution is 2.65. The molecule has 2 unspecified atom stereocenters. The molecule has 5 aliphatic rings. The van der Waals surface area contributed by atoms with Gasteiger partial charge < -0.3 is 14.2 Å². The molecule has 2 saturated heterocycles. The van der Waals surface area contributed by atoms with E-state index in [9.17, 15) is 9.59 Å². The molecule has 13 rings (SSSR count). The molecule has 5 aromatic heterocycles. The Hall–Kier alpha value is -6.88. The quantitative estimate of drug-likeness (QED) is 0.169. The molecule has 2 saturated carbocycles. The Bertz CT molecular complexity index is 3580. The van der Waals surface area contributed by atoms with E-state index in [-0.39, 0.29) is 46.2 Å². The van der Waals surface area contributed by atoms with Gasteiger partial charge in [0.2, 0.25) is 0 Å². The van der Waals surface area contributed by atoms with Crippen LogP contribution in [0.5, 0.6) is 0 Å². The lowest BCUT2D eigenvalue weighted by Gasteiger charge is -2.46. The number of nitrogens with one attached hydrogen (secondary N) is 1. The summed E-state index contributed by atoms with van der Waals surface area (Å²) in [7, 11) is 1.73. The van der Waals surface area contributed by atoms with Crippen LogP contribution in [0.15, 0.2) is 81.2 Å². The first-order valence-corrected chi connectivity index (χ1v) is 23.6. The van der Waals surface area contributed by atoms with Gasteiger partial charge in [-0.05, 0) is 143 Å². The number of nitrogens with zero attached hydrogens (tertiary/aromatic N) is 9. The Labute approximate surface area is 387 Å². The van der Waals surface area contributed by atoms with Gasteiger partial charge in [-0.1, -0.05) is 18.1 Å². The first-order chi connectivity index (χ1) is 32.6. The van der Waals surface area contributed by atoms with Gasteiger partial charge in [-0.2, -0.15) is 10.2 Å². The SMILES string of the molecule is Cc1cc(-n2nc3c(c2-n2ccn(-c4ccc5c(cnn5C)c4F)c2=O)[C@H]2CCC4CC4(C3)N2C(=O)c2cc3cc([C@H]4CCOC(C)(C)C4)ccc3n2[C@@]2(c3noc(=O)[nH]3)C[C@@H]2C)cc(C)c1F. The summed E-state index contributed by atoms with van der Waals surface area (Å²) in [5.74, 6) is -0.453. The van der Waals surface area contributed by atoms with Crippen LogP contribution in [-0.2, 0) is 23.7 Å².